The number of anilines is 1. The molecule has 0 spiro atoms. The largest absolute Gasteiger partial charge is 0.459 e. The summed E-state index contributed by atoms with van der Waals surface area (Å²) in [5, 5.41) is 7.98. The van der Waals surface area contributed by atoms with E-state index in [4.69, 9.17) is 20.0 Å². The molecule has 1 rings (SSSR count). The van der Waals surface area contributed by atoms with Crippen molar-refractivity contribution in [2.75, 3.05) is 19.0 Å². The van der Waals surface area contributed by atoms with Crippen molar-refractivity contribution in [2.24, 2.45) is 10.9 Å². The Labute approximate surface area is 161 Å². The van der Waals surface area contributed by atoms with Crippen molar-refractivity contribution < 1.29 is 28.7 Å². The molecule has 1 amide bonds. The first-order valence-electron chi connectivity index (χ1n) is 7.90. The SMILES string of the molecule is CO/N=C(\COC(C)=O)c1csc(NC(=O)[C@](C)(N)C(=O)OC(C)(C)C)n1. The quantitative estimate of drug-likeness (QED) is 0.299. The fourth-order valence-corrected chi connectivity index (χ4v) is 2.31. The summed E-state index contributed by atoms with van der Waals surface area (Å²) in [5.74, 6) is -2.12. The van der Waals surface area contributed by atoms with Gasteiger partial charge in [0.1, 0.15) is 30.7 Å². The Balaban J connectivity index is 2.88. The van der Waals surface area contributed by atoms with Gasteiger partial charge < -0.3 is 20.0 Å². The van der Waals surface area contributed by atoms with Crippen molar-refractivity contribution in [1.29, 1.82) is 0 Å². The predicted molar refractivity (Wildman–Crippen MR) is 99.4 cm³/mol. The number of ether oxygens (including phenoxy) is 2. The van der Waals surface area contributed by atoms with Crippen LogP contribution in [0.3, 0.4) is 0 Å². The van der Waals surface area contributed by atoms with E-state index in [0.29, 0.717) is 5.69 Å². The molecule has 0 bridgehead atoms. The van der Waals surface area contributed by atoms with Gasteiger partial charge in [-0.15, -0.1) is 11.3 Å². The maximum atomic E-state index is 12.4. The van der Waals surface area contributed by atoms with E-state index in [2.05, 4.69) is 15.5 Å². The van der Waals surface area contributed by atoms with Gasteiger partial charge in [0.2, 0.25) is 0 Å². The molecular weight excluding hydrogens is 376 g/mol. The molecule has 1 heterocycles. The molecule has 150 valence electrons. The Morgan fingerprint density at radius 3 is 2.44 bits per heavy atom. The highest BCUT2D eigenvalue weighted by atomic mass is 32.1. The lowest BCUT2D eigenvalue weighted by molar-refractivity contribution is -0.162. The summed E-state index contributed by atoms with van der Waals surface area (Å²) in [4.78, 5) is 44.4. The second kappa shape index (κ2) is 8.91. The third-order valence-corrected chi connectivity index (χ3v) is 3.69. The van der Waals surface area contributed by atoms with E-state index in [1.807, 2.05) is 0 Å². The smallest absolute Gasteiger partial charge is 0.336 e. The Morgan fingerprint density at radius 2 is 1.93 bits per heavy atom. The maximum absolute atomic E-state index is 12.4. The number of carbonyl (C=O) groups excluding carboxylic acids is 3. The second-order valence-corrected chi connectivity index (χ2v) is 7.56. The predicted octanol–water partition coefficient (Wildman–Crippen LogP) is 1.05. The average Bonchev–Trinajstić information content (AvgIpc) is 2.97. The van der Waals surface area contributed by atoms with Crippen LogP contribution < -0.4 is 11.1 Å². The number of nitrogens with two attached hydrogens (primary N) is 1. The fourth-order valence-electron chi connectivity index (χ4n) is 1.59. The van der Waals surface area contributed by atoms with Crippen LogP contribution in [0.25, 0.3) is 0 Å². The number of rotatable bonds is 7. The number of amides is 1. The molecule has 1 atom stereocenters. The van der Waals surface area contributed by atoms with E-state index in [1.165, 1.54) is 21.0 Å². The molecule has 0 aliphatic rings. The zero-order chi connectivity index (χ0) is 20.8. The van der Waals surface area contributed by atoms with E-state index in [1.54, 1.807) is 26.2 Å². The van der Waals surface area contributed by atoms with Crippen LogP contribution >= 0.6 is 11.3 Å². The lowest BCUT2D eigenvalue weighted by Crippen LogP contribution is -2.57. The van der Waals surface area contributed by atoms with Gasteiger partial charge in [-0.1, -0.05) is 5.16 Å². The van der Waals surface area contributed by atoms with Gasteiger partial charge in [-0.05, 0) is 27.7 Å². The minimum absolute atomic E-state index is 0.146. The Morgan fingerprint density at radius 1 is 1.30 bits per heavy atom. The number of esters is 2. The molecule has 0 saturated carbocycles. The van der Waals surface area contributed by atoms with Crippen LogP contribution in [0.2, 0.25) is 0 Å². The first-order valence-corrected chi connectivity index (χ1v) is 8.78. The first-order chi connectivity index (χ1) is 12.4. The summed E-state index contributed by atoms with van der Waals surface area (Å²) in [6.45, 7) is 7.38. The minimum atomic E-state index is -1.90. The van der Waals surface area contributed by atoms with Crippen LogP contribution in [0.5, 0.6) is 0 Å². The van der Waals surface area contributed by atoms with Crippen molar-refractivity contribution >= 4 is 40.0 Å². The summed E-state index contributed by atoms with van der Waals surface area (Å²) < 4.78 is 10.0. The molecule has 1 aromatic heterocycles. The summed E-state index contributed by atoms with van der Waals surface area (Å²) >= 11 is 1.08. The monoisotopic (exact) mass is 400 g/mol. The first kappa shape index (κ1) is 22.5. The molecule has 0 saturated heterocycles. The van der Waals surface area contributed by atoms with Gasteiger partial charge in [-0.3, -0.25) is 14.9 Å². The van der Waals surface area contributed by atoms with Crippen LogP contribution in [0, 0.1) is 0 Å². The van der Waals surface area contributed by atoms with Gasteiger partial charge >= 0.3 is 11.9 Å². The van der Waals surface area contributed by atoms with E-state index < -0.39 is 29.0 Å². The van der Waals surface area contributed by atoms with Crippen molar-refractivity contribution in [3.8, 4) is 0 Å². The third kappa shape index (κ3) is 6.94. The van der Waals surface area contributed by atoms with Gasteiger partial charge in [-0.2, -0.15) is 0 Å². The molecule has 10 nitrogen and oxygen atoms in total. The number of nitrogens with zero attached hydrogens (tertiary/aromatic N) is 2. The van der Waals surface area contributed by atoms with E-state index in [-0.39, 0.29) is 17.5 Å². The summed E-state index contributed by atoms with van der Waals surface area (Å²) in [7, 11) is 1.34. The van der Waals surface area contributed by atoms with Gasteiger partial charge in [0.05, 0.1) is 0 Å². The standard InChI is InChI=1S/C16H24N4O6S/c1-9(21)25-7-10(20-24-6)11-8-27-14(18-11)19-12(22)16(5,17)13(23)26-15(2,3)4/h8H,7,17H2,1-6H3,(H,18,19,22)/b20-10+/t16-/m0/s1. The zero-order valence-electron chi connectivity index (χ0n) is 16.1. The molecule has 27 heavy (non-hydrogen) atoms. The highest BCUT2D eigenvalue weighted by molar-refractivity contribution is 7.14. The van der Waals surface area contributed by atoms with Gasteiger partial charge in [0.15, 0.2) is 10.7 Å². The lowest BCUT2D eigenvalue weighted by Gasteiger charge is -2.27. The van der Waals surface area contributed by atoms with Crippen molar-refractivity contribution in [3.63, 3.8) is 0 Å². The molecule has 0 aromatic carbocycles. The topological polar surface area (TPSA) is 142 Å². The van der Waals surface area contributed by atoms with Gasteiger partial charge in [0, 0.05) is 12.3 Å². The maximum Gasteiger partial charge on any atom is 0.336 e. The number of hydrogen-bond acceptors (Lipinski definition) is 10. The Kier molecular flexibility index (Phi) is 7.43. The number of aromatic nitrogens is 1. The summed E-state index contributed by atoms with van der Waals surface area (Å²) in [5.41, 5.74) is 3.76. The van der Waals surface area contributed by atoms with Crippen LogP contribution in [0.4, 0.5) is 5.13 Å². The molecule has 0 aliphatic carbocycles. The number of thiazole rings is 1. The van der Waals surface area contributed by atoms with E-state index in [9.17, 15) is 14.4 Å². The molecule has 1 aromatic rings. The van der Waals surface area contributed by atoms with E-state index in [0.717, 1.165) is 11.3 Å². The Bertz CT molecular complexity index is 736. The Hall–Kier alpha value is -2.53. The highest BCUT2D eigenvalue weighted by Crippen LogP contribution is 2.19. The van der Waals surface area contributed by atoms with E-state index >= 15 is 0 Å². The minimum Gasteiger partial charge on any atom is -0.459 e. The number of hydrogen-bond donors (Lipinski definition) is 2. The molecule has 3 N–H and O–H groups in total. The molecule has 0 aliphatic heterocycles. The summed E-state index contributed by atoms with van der Waals surface area (Å²) in [6.07, 6.45) is 0. The van der Waals surface area contributed by atoms with Crippen LogP contribution in [-0.4, -0.2) is 53.4 Å². The van der Waals surface area contributed by atoms with Crippen LogP contribution in [-0.2, 0) is 28.7 Å². The molecule has 0 unspecified atom stereocenters. The van der Waals surface area contributed by atoms with Crippen molar-refractivity contribution in [2.45, 2.75) is 45.8 Å². The normalized spacial score (nSPS) is 14.1. The van der Waals surface area contributed by atoms with Gasteiger partial charge in [0.25, 0.3) is 5.91 Å². The number of oxime groups is 1. The average molecular weight is 400 g/mol. The molecular formula is C16H24N4O6S. The molecule has 0 radical (unpaired) electrons. The fraction of sp³-hybridized carbons (Fsp3) is 0.562. The second-order valence-electron chi connectivity index (χ2n) is 6.70. The highest BCUT2D eigenvalue weighted by Gasteiger charge is 2.41. The van der Waals surface area contributed by atoms with Crippen molar-refractivity contribution in [3.05, 3.63) is 11.1 Å². The number of nitrogens with one attached hydrogen (secondary N) is 1. The van der Waals surface area contributed by atoms with Crippen LogP contribution in [0.15, 0.2) is 10.5 Å². The summed E-state index contributed by atoms with van der Waals surface area (Å²) in [6, 6.07) is 0. The van der Waals surface area contributed by atoms with Crippen LogP contribution in [0.1, 0.15) is 40.3 Å². The molecule has 0 fully saturated rings. The zero-order valence-corrected chi connectivity index (χ0v) is 16.9. The van der Waals surface area contributed by atoms with Crippen molar-refractivity contribution in [1.82, 2.24) is 4.98 Å². The number of carbonyl (C=O) groups is 3. The van der Waals surface area contributed by atoms with Gasteiger partial charge in [-0.25, -0.2) is 9.78 Å². The molecule has 11 heteroatoms. The third-order valence-electron chi connectivity index (χ3n) is 2.93. The lowest BCUT2D eigenvalue weighted by atomic mass is 10.0.